The molecule has 0 aliphatic rings. The molecule has 1 N–H and O–H groups in total. The highest BCUT2D eigenvalue weighted by Gasteiger charge is 2.28. The Morgan fingerprint density at radius 3 is 2.46 bits per heavy atom. The predicted molar refractivity (Wildman–Crippen MR) is 84.6 cm³/mol. The molecule has 0 aromatic heterocycles. The summed E-state index contributed by atoms with van der Waals surface area (Å²) in [6.45, 7) is 3.35. The van der Waals surface area contributed by atoms with Gasteiger partial charge in [0.05, 0.1) is 30.6 Å². The van der Waals surface area contributed by atoms with E-state index in [0.717, 1.165) is 11.0 Å². The van der Waals surface area contributed by atoms with E-state index < -0.39 is 28.4 Å². The molecule has 0 fully saturated rings. The summed E-state index contributed by atoms with van der Waals surface area (Å²) in [7, 11) is 2.74. The summed E-state index contributed by atoms with van der Waals surface area (Å²) < 4.78 is 10.4. The second-order valence-electron chi connectivity index (χ2n) is 5.14. The van der Waals surface area contributed by atoms with Crippen molar-refractivity contribution in [3.05, 3.63) is 27.8 Å². The Morgan fingerprint density at radius 2 is 2.00 bits per heavy atom. The molecular formula is C15H20N2O7. The lowest BCUT2D eigenvalue weighted by Crippen LogP contribution is -2.34. The Bertz CT molecular complexity index is 645. The van der Waals surface area contributed by atoms with Crippen molar-refractivity contribution in [1.29, 1.82) is 0 Å². The third-order valence-corrected chi connectivity index (χ3v) is 3.32. The lowest BCUT2D eigenvalue weighted by atomic mass is 10.1. The Kier molecular flexibility index (Phi) is 6.51. The van der Waals surface area contributed by atoms with Crippen molar-refractivity contribution in [2.24, 2.45) is 5.92 Å². The Balaban J connectivity index is 3.27. The van der Waals surface area contributed by atoms with Crippen LogP contribution < -0.4 is 9.47 Å². The number of benzene rings is 1. The van der Waals surface area contributed by atoms with E-state index in [1.807, 2.05) is 0 Å². The molecule has 132 valence electrons. The third-order valence-electron chi connectivity index (χ3n) is 3.32. The third kappa shape index (κ3) is 4.34. The number of amides is 1. The van der Waals surface area contributed by atoms with Gasteiger partial charge in [0.2, 0.25) is 0 Å². The van der Waals surface area contributed by atoms with Crippen LogP contribution in [0.15, 0.2) is 12.1 Å². The van der Waals surface area contributed by atoms with Gasteiger partial charge in [0.1, 0.15) is 5.56 Å². The second kappa shape index (κ2) is 8.14. The van der Waals surface area contributed by atoms with Crippen molar-refractivity contribution in [2.45, 2.75) is 13.8 Å². The van der Waals surface area contributed by atoms with Gasteiger partial charge in [-0.15, -0.1) is 0 Å². The molecule has 1 aromatic carbocycles. The van der Waals surface area contributed by atoms with E-state index in [4.69, 9.17) is 14.6 Å². The molecule has 0 spiro atoms. The van der Waals surface area contributed by atoms with Crippen LogP contribution in [0.1, 0.15) is 24.2 Å². The number of carbonyl (C=O) groups is 2. The van der Waals surface area contributed by atoms with E-state index in [1.165, 1.54) is 27.1 Å². The summed E-state index contributed by atoms with van der Waals surface area (Å²) in [5.74, 6) is -2.19. The fourth-order valence-electron chi connectivity index (χ4n) is 2.08. The van der Waals surface area contributed by atoms with Crippen LogP contribution in [0.4, 0.5) is 5.69 Å². The van der Waals surface area contributed by atoms with Crippen LogP contribution in [0.3, 0.4) is 0 Å². The summed E-state index contributed by atoms with van der Waals surface area (Å²) in [6, 6.07) is 2.36. The highest BCUT2D eigenvalue weighted by atomic mass is 16.6. The van der Waals surface area contributed by atoms with Gasteiger partial charge in [0.25, 0.3) is 11.6 Å². The summed E-state index contributed by atoms with van der Waals surface area (Å²) in [5, 5.41) is 20.2. The Labute approximate surface area is 138 Å². The summed E-state index contributed by atoms with van der Waals surface area (Å²) in [6.07, 6.45) is 0. The zero-order chi connectivity index (χ0) is 18.4. The van der Waals surface area contributed by atoms with Gasteiger partial charge in [0.15, 0.2) is 11.5 Å². The van der Waals surface area contributed by atoms with Crippen molar-refractivity contribution >= 4 is 17.6 Å². The maximum Gasteiger partial charge on any atom is 0.308 e. The normalized spacial score (nSPS) is 11.5. The number of nitro groups is 1. The molecular weight excluding hydrogens is 320 g/mol. The second-order valence-corrected chi connectivity index (χ2v) is 5.14. The predicted octanol–water partition coefficient (Wildman–Crippen LogP) is 1.79. The fourth-order valence-corrected chi connectivity index (χ4v) is 2.08. The Hall–Kier alpha value is -2.84. The van der Waals surface area contributed by atoms with Crippen LogP contribution in [0.25, 0.3) is 0 Å². The van der Waals surface area contributed by atoms with E-state index in [1.54, 1.807) is 6.92 Å². The standard InChI is InChI=1S/C15H20N2O7/c1-5-24-13-7-11(17(21)22)10(6-12(13)23-4)14(18)16(3)8-9(2)15(19)20/h6-7,9H,5,8H2,1-4H3,(H,19,20). The first-order valence-electron chi connectivity index (χ1n) is 7.20. The van der Waals surface area contributed by atoms with Crippen molar-refractivity contribution in [1.82, 2.24) is 4.90 Å². The molecule has 0 aliphatic carbocycles. The molecule has 1 amide bonds. The average molecular weight is 340 g/mol. The van der Waals surface area contributed by atoms with E-state index in [-0.39, 0.29) is 30.2 Å². The summed E-state index contributed by atoms with van der Waals surface area (Å²) >= 11 is 0. The largest absolute Gasteiger partial charge is 0.493 e. The zero-order valence-electron chi connectivity index (χ0n) is 13.9. The first-order chi connectivity index (χ1) is 11.2. The molecule has 9 nitrogen and oxygen atoms in total. The molecule has 0 aliphatic heterocycles. The van der Waals surface area contributed by atoms with Crippen LogP contribution in [-0.4, -0.2) is 54.1 Å². The average Bonchev–Trinajstić information content (AvgIpc) is 2.53. The smallest absolute Gasteiger partial charge is 0.308 e. The SMILES string of the molecule is CCOc1cc([N+](=O)[O-])c(C(=O)N(C)CC(C)C(=O)O)cc1OC. The van der Waals surface area contributed by atoms with E-state index in [9.17, 15) is 19.7 Å². The molecule has 1 atom stereocenters. The summed E-state index contributed by atoms with van der Waals surface area (Å²) in [4.78, 5) is 35.1. The van der Waals surface area contributed by atoms with Gasteiger partial charge in [-0.2, -0.15) is 0 Å². The van der Waals surface area contributed by atoms with E-state index in [2.05, 4.69) is 0 Å². The topological polar surface area (TPSA) is 119 Å². The number of nitrogens with zero attached hydrogens (tertiary/aromatic N) is 2. The first-order valence-corrected chi connectivity index (χ1v) is 7.20. The molecule has 0 saturated carbocycles. The van der Waals surface area contributed by atoms with Gasteiger partial charge < -0.3 is 19.5 Å². The number of nitro benzene ring substituents is 1. The van der Waals surface area contributed by atoms with Gasteiger partial charge in [-0.1, -0.05) is 6.92 Å². The number of hydrogen-bond donors (Lipinski definition) is 1. The number of aliphatic carboxylic acids is 1. The highest BCUT2D eigenvalue weighted by molar-refractivity contribution is 5.99. The highest BCUT2D eigenvalue weighted by Crippen LogP contribution is 2.35. The van der Waals surface area contributed by atoms with Crippen LogP contribution in [0.5, 0.6) is 11.5 Å². The molecule has 0 heterocycles. The van der Waals surface area contributed by atoms with Gasteiger partial charge in [-0.3, -0.25) is 19.7 Å². The molecule has 1 rings (SSSR count). The van der Waals surface area contributed by atoms with Gasteiger partial charge in [-0.05, 0) is 6.92 Å². The molecule has 0 bridgehead atoms. The van der Waals surface area contributed by atoms with Crippen LogP contribution in [-0.2, 0) is 4.79 Å². The molecule has 1 aromatic rings. The van der Waals surface area contributed by atoms with Crippen LogP contribution >= 0.6 is 0 Å². The number of carboxylic acids is 1. The van der Waals surface area contributed by atoms with Crippen LogP contribution in [0, 0.1) is 16.0 Å². The first kappa shape index (κ1) is 19.2. The molecule has 1 unspecified atom stereocenters. The number of carbonyl (C=O) groups excluding carboxylic acids is 1. The number of hydrogen-bond acceptors (Lipinski definition) is 6. The maximum atomic E-state index is 12.5. The van der Waals surface area contributed by atoms with Crippen molar-refractivity contribution < 1.29 is 29.1 Å². The quantitative estimate of drug-likeness (QED) is 0.566. The minimum atomic E-state index is -1.06. The van der Waals surface area contributed by atoms with E-state index in [0.29, 0.717) is 0 Å². The van der Waals surface area contributed by atoms with E-state index >= 15 is 0 Å². The zero-order valence-corrected chi connectivity index (χ0v) is 13.9. The van der Waals surface area contributed by atoms with Gasteiger partial charge in [0, 0.05) is 19.7 Å². The maximum absolute atomic E-state index is 12.5. The number of methoxy groups -OCH3 is 1. The van der Waals surface area contributed by atoms with Crippen molar-refractivity contribution in [2.75, 3.05) is 27.3 Å². The summed E-state index contributed by atoms with van der Waals surface area (Å²) in [5.41, 5.74) is -0.625. The molecule has 0 saturated heterocycles. The molecule has 0 radical (unpaired) electrons. The monoisotopic (exact) mass is 340 g/mol. The molecule has 24 heavy (non-hydrogen) atoms. The van der Waals surface area contributed by atoms with Crippen LogP contribution in [0.2, 0.25) is 0 Å². The van der Waals surface area contributed by atoms with Gasteiger partial charge >= 0.3 is 5.97 Å². The fraction of sp³-hybridized carbons (Fsp3) is 0.467. The number of carboxylic acid groups (broad SMARTS) is 1. The minimum Gasteiger partial charge on any atom is -0.493 e. The number of ether oxygens (including phenoxy) is 2. The van der Waals surface area contributed by atoms with Crippen molar-refractivity contribution in [3.63, 3.8) is 0 Å². The lowest BCUT2D eigenvalue weighted by molar-refractivity contribution is -0.385. The number of rotatable bonds is 8. The Morgan fingerprint density at radius 1 is 1.38 bits per heavy atom. The van der Waals surface area contributed by atoms with Crippen molar-refractivity contribution in [3.8, 4) is 11.5 Å². The minimum absolute atomic E-state index is 0.0825. The molecule has 9 heteroatoms. The van der Waals surface area contributed by atoms with Gasteiger partial charge in [-0.25, -0.2) is 0 Å². The lowest BCUT2D eigenvalue weighted by Gasteiger charge is -2.20.